The number of amides is 2. The van der Waals surface area contributed by atoms with Crippen molar-refractivity contribution in [2.24, 2.45) is 0 Å². The Bertz CT molecular complexity index is 684. The van der Waals surface area contributed by atoms with Gasteiger partial charge in [0.05, 0.1) is 0 Å². The van der Waals surface area contributed by atoms with E-state index in [9.17, 15) is 4.79 Å². The monoisotopic (exact) mass is 436 g/mol. The van der Waals surface area contributed by atoms with Crippen LogP contribution < -0.4 is 10.6 Å². The van der Waals surface area contributed by atoms with Crippen LogP contribution >= 0.6 is 22.6 Å². The van der Waals surface area contributed by atoms with Gasteiger partial charge in [0.2, 0.25) is 0 Å². The summed E-state index contributed by atoms with van der Waals surface area (Å²) < 4.78 is 1.17. The van der Waals surface area contributed by atoms with Crippen molar-refractivity contribution < 1.29 is 4.79 Å². The maximum absolute atomic E-state index is 12.4. The lowest BCUT2D eigenvalue weighted by atomic mass is 9.93. The number of rotatable bonds is 5. The van der Waals surface area contributed by atoms with E-state index in [1.54, 1.807) is 0 Å². The van der Waals surface area contributed by atoms with Gasteiger partial charge >= 0.3 is 6.03 Å². The molecular weight excluding hydrogens is 411 g/mol. The van der Waals surface area contributed by atoms with E-state index in [4.69, 9.17) is 0 Å². The first-order chi connectivity index (χ1) is 11.4. The van der Waals surface area contributed by atoms with Crippen LogP contribution in [0.3, 0.4) is 0 Å². The van der Waals surface area contributed by atoms with Gasteiger partial charge in [-0.05, 0) is 63.2 Å². The first-order valence-electron chi connectivity index (χ1n) is 8.30. The Balaban J connectivity index is 2.13. The van der Waals surface area contributed by atoms with Crippen molar-refractivity contribution in [1.29, 1.82) is 0 Å². The van der Waals surface area contributed by atoms with Crippen LogP contribution in [0.5, 0.6) is 0 Å². The third kappa shape index (κ3) is 4.97. The largest absolute Gasteiger partial charge is 0.334 e. The van der Waals surface area contributed by atoms with Gasteiger partial charge in [0, 0.05) is 15.8 Å². The molecule has 0 bridgehead atoms. The molecule has 0 aliphatic heterocycles. The van der Waals surface area contributed by atoms with Crippen molar-refractivity contribution >= 4 is 34.3 Å². The maximum Gasteiger partial charge on any atom is 0.319 e. The highest BCUT2D eigenvalue weighted by Gasteiger charge is 2.15. The molecule has 0 aliphatic carbocycles. The first kappa shape index (κ1) is 18.8. The van der Waals surface area contributed by atoms with Gasteiger partial charge < -0.3 is 10.6 Å². The SMILES string of the molecule is CC(C)c1cccc(C(C)C)c1NC(=O)NCc1cccc(I)c1. The van der Waals surface area contributed by atoms with Crippen molar-refractivity contribution in [3.05, 3.63) is 62.7 Å². The van der Waals surface area contributed by atoms with Crippen LogP contribution in [0.1, 0.15) is 56.2 Å². The lowest BCUT2D eigenvalue weighted by Crippen LogP contribution is -2.29. The molecule has 2 aromatic rings. The van der Waals surface area contributed by atoms with Gasteiger partial charge in [-0.15, -0.1) is 0 Å². The molecule has 0 atom stereocenters. The highest BCUT2D eigenvalue weighted by molar-refractivity contribution is 14.1. The molecule has 0 saturated heterocycles. The number of carbonyl (C=O) groups is 1. The Kier molecular flexibility index (Phi) is 6.66. The van der Waals surface area contributed by atoms with Crippen LogP contribution in [0.15, 0.2) is 42.5 Å². The zero-order chi connectivity index (χ0) is 17.7. The Morgan fingerprint density at radius 2 is 1.58 bits per heavy atom. The third-order valence-electron chi connectivity index (χ3n) is 3.95. The van der Waals surface area contributed by atoms with Gasteiger partial charge in [-0.3, -0.25) is 0 Å². The predicted molar refractivity (Wildman–Crippen MR) is 110 cm³/mol. The Labute approximate surface area is 158 Å². The molecule has 2 rings (SSSR count). The predicted octanol–water partition coefficient (Wildman–Crippen LogP) is 5.86. The molecule has 0 heterocycles. The fourth-order valence-electron chi connectivity index (χ4n) is 2.68. The standard InChI is InChI=1S/C20H25IN2O/c1-13(2)17-9-6-10-18(14(3)4)19(17)23-20(24)22-12-15-7-5-8-16(21)11-15/h5-11,13-14H,12H2,1-4H3,(H2,22,23,24). The van der Waals surface area contributed by atoms with Gasteiger partial charge in [-0.2, -0.15) is 0 Å². The molecule has 0 saturated carbocycles. The van der Waals surface area contributed by atoms with Crippen LogP contribution in [0, 0.1) is 3.57 Å². The van der Waals surface area contributed by atoms with Crippen molar-refractivity contribution in [1.82, 2.24) is 5.32 Å². The number of benzene rings is 2. The van der Waals surface area contributed by atoms with Gasteiger partial charge in [-0.1, -0.05) is 58.0 Å². The van der Waals surface area contributed by atoms with E-state index in [1.165, 1.54) is 14.7 Å². The number of halogens is 1. The normalized spacial score (nSPS) is 11.0. The molecule has 3 nitrogen and oxygen atoms in total. The fourth-order valence-corrected chi connectivity index (χ4v) is 3.29. The average Bonchev–Trinajstić information content (AvgIpc) is 2.52. The topological polar surface area (TPSA) is 41.1 Å². The number of hydrogen-bond acceptors (Lipinski definition) is 1. The second kappa shape index (κ2) is 8.51. The van der Waals surface area contributed by atoms with Gasteiger partial charge in [0.1, 0.15) is 0 Å². The van der Waals surface area contributed by atoms with Crippen molar-refractivity contribution in [2.45, 2.75) is 46.1 Å². The van der Waals surface area contributed by atoms with Gasteiger partial charge in [0.25, 0.3) is 0 Å². The third-order valence-corrected chi connectivity index (χ3v) is 4.62. The summed E-state index contributed by atoms with van der Waals surface area (Å²) in [6.45, 7) is 9.11. The van der Waals surface area contributed by atoms with Crippen LogP contribution in [0.2, 0.25) is 0 Å². The van der Waals surface area contributed by atoms with Crippen molar-refractivity contribution in [2.75, 3.05) is 5.32 Å². The maximum atomic E-state index is 12.4. The number of para-hydroxylation sites is 1. The second-order valence-corrected chi connectivity index (χ2v) is 7.80. The summed E-state index contributed by atoms with van der Waals surface area (Å²) in [7, 11) is 0. The second-order valence-electron chi connectivity index (χ2n) is 6.56. The number of carbonyl (C=O) groups excluding carboxylic acids is 1. The number of hydrogen-bond donors (Lipinski definition) is 2. The minimum absolute atomic E-state index is 0.163. The Hall–Kier alpha value is -1.56. The summed E-state index contributed by atoms with van der Waals surface area (Å²) >= 11 is 2.28. The van der Waals surface area contributed by atoms with Gasteiger partial charge in [0.15, 0.2) is 0 Å². The zero-order valence-electron chi connectivity index (χ0n) is 14.7. The van der Waals surface area contributed by atoms with E-state index >= 15 is 0 Å². The van der Waals surface area contributed by atoms with Crippen LogP contribution in [0.4, 0.5) is 10.5 Å². The first-order valence-corrected chi connectivity index (χ1v) is 9.38. The van der Waals surface area contributed by atoms with Crippen LogP contribution in [-0.4, -0.2) is 6.03 Å². The van der Waals surface area contributed by atoms with Crippen molar-refractivity contribution in [3.8, 4) is 0 Å². The zero-order valence-corrected chi connectivity index (χ0v) is 16.8. The van der Waals surface area contributed by atoms with Crippen molar-refractivity contribution in [3.63, 3.8) is 0 Å². The molecule has 0 spiro atoms. The van der Waals surface area contributed by atoms with Crippen LogP contribution in [0.25, 0.3) is 0 Å². The number of urea groups is 1. The molecule has 2 amide bonds. The molecule has 0 aromatic heterocycles. The van der Waals surface area contributed by atoms with E-state index in [0.29, 0.717) is 18.4 Å². The lowest BCUT2D eigenvalue weighted by Gasteiger charge is -2.20. The van der Waals surface area contributed by atoms with Gasteiger partial charge in [-0.25, -0.2) is 4.79 Å². The van der Waals surface area contributed by atoms with E-state index < -0.39 is 0 Å². The summed E-state index contributed by atoms with van der Waals surface area (Å²) in [6, 6.07) is 14.2. The lowest BCUT2D eigenvalue weighted by molar-refractivity contribution is 0.251. The minimum atomic E-state index is -0.163. The molecule has 24 heavy (non-hydrogen) atoms. The Morgan fingerprint density at radius 3 is 2.12 bits per heavy atom. The van der Waals surface area contributed by atoms with Crippen LogP contribution in [-0.2, 0) is 6.54 Å². The molecule has 2 N–H and O–H groups in total. The highest BCUT2D eigenvalue weighted by Crippen LogP contribution is 2.32. The molecule has 2 aromatic carbocycles. The summed E-state index contributed by atoms with van der Waals surface area (Å²) in [5, 5.41) is 6.03. The smallest absolute Gasteiger partial charge is 0.319 e. The van der Waals surface area contributed by atoms with E-state index in [-0.39, 0.29) is 6.03 Å². The number of anilines is 1. The summed E-state index contributed by atoms with van der Waals surface area (Å²) in [5.74, 6) is 0.712. The number of nitrogens with one attached hydrogen (secondary N) is 2. The summed E-state index contributed by atoms with van der Waals surface area (Å²) in [4.78, 5) is 12.4. The van der Waals surface area contributed by atoms with E-state index in [2.05, 4.69) is 85.2 Å². The quantitative estimate of drug-likeness (QED) is 0.567. The Morgan fingerprint density at radius 1 is 1.00 bits per heavy atom. The highest BCUT2D eigenvalue weighted by atomic mass is 127. The average molecular weight is 436 g/mol. The molecule has 4 heteroatoms. The fraction of sp³-hybridized carbons (Fsp3) is 0.350. The molecule has 128 valence electrons. The van der Waals surface area contributed by atoms with E-state index in [0.717, 1.165) is 11.3 Å². The molecular formula is C20H25IN2O. The van der Waals surface area contributed by atoms with E-state index in [1.807, 2.05) is 18.2 Å². The summed E-state index contributed by atoms with van der Waals surface area (Å²) in [5.41, 5.74) is 4.39. The molecule has 0 aliphatic rings. The molecule has 0 unspecified atom stereocenters. The summed E-state index contributed by atoms with van der Waals surface area (Å²) in [6.07, 6.45) is 0. The molecule has 0 fully saturated rings. The minimum Gasteiger partial charge on any atom is -0.334 e. The molecule has 0 radical (unpaired) electrons.